The fourth-order valence-electron chi connectivity index (χ4n) is 9.54. The third-order valence-electron chi connectivity index (χ3n) is 12.5. The van der Waals surface area contributed by atoms with Gasteiger partial charge in [0.2, 0.25) is 11.3 Å². The molecule has 2 N–H and O–H groups in total. The van der Waals surface area contributed by atoms with Gasteiger partial charge in [-0.05, 0) is 68.1 Å². The van der Waals surface area contributed by atoms with Crippen molar-refractivity contribution in [1.82, 2.24) is 34.8 Å². The smallest absolute Gasteiger partial charge is 0.272 e. The Hall–Kier alpha value is -4.78. The molecule has 4 aliphatic carbocycles. The zero-order valence-corrected chi connectivity index (χ0v) is 29.4. The summed E-state index contributed by atoms with van der Waals surface area (Å²) in [5.74, 6) is 0.371. The molecule has 6 aliphatic rings. The lowest BCUT2D eigenvalue weighted by atomic mass is 9.36. The van der Waals surface area contributed by atoms with Crippen LogP contribution in [0.3, 0.4) is 0 Å². The van der Waals surface area contributed by atoms with E-state index in [-0.39, 0.29) is 58.4 Å². The third-order valence-corrected chi connectivity index (χ3v) is 12.5. The molecule has 5 fully saturated rings. The summed E-state index contributed by atoms with van der Waals surface area (Å²) in [6.07, 6.45) is 7.74. The van der Waals surface area contributed by atoms with Crippen molar-refractivity contribution in [1.29, 1.82) is 0 Å². The molecule has 2 atom stereocenters. The second kappa shape index (κ2) is 11.6. The number of benzene rings is 1. The van der Waals surface area contributed by atoms with E-state index in [0.29, 0.717) is 67.3 Å². The highest BCUT2D eigenvalue weighted by Crippen LogP contribution is 2.70. The first-order chi connectivity index (χ1) is 24.6. The lowest BCUT2D eigenvalue weighted by molar-refractivity contribution is -0.187. The van der Waals surface area contributed by atoms with Crippen LogP contribution in [0.4, 0.5) is 5.69 Å². The van der Waals surface area contributed by atoms with Gasteiger partial charge in [0.1, 0.15) is 29.2 Å². The summed E-state index contributed by atoms with van der Waals surface area (Å²) in [5, 5.41) is 24.1. The average Bonchev–Trinajstić information content (AvgIpc) is 3.53. The number of anilines is 1. The molecular formula is C38H44N8O5. The minimum atomic E-state index is -0.201. The molecule has 1 saturated heterocycles. The number of phenolic OH excluding ortho intramolecular Hbond substituents is 1. The number of piperazine rings is 1. The molecule has 10 rings (SSSR count). The van der Waals surface area contributed by atoms with Gasteiger partial charge in [-0.15, -0.1) is 10.2 Å². The first kappa shape index (κ1) is 32.1. The van der Waals surface area contributed by atoms with Crippen molar-refractivity contribution in [3.05, 3.63) is 58.0 Å². The van der Waals surface area contributed by atoms with Gasteiger partial charge in [-0.3, -0.25) is 14.4 Å². The second-order valence-corrected chi connectivity index (χ2v) is 15.6. The van der Waals surface area contributed by atoms with Crippen LogP contribution in [0.5, 0.6) is 5.75 Å². The molecule has 1 aromatic carbocycles. The van der Waals surface area contributed by atoms with Crippen molar-refractivity contribution in [2.45, 2.75) is 89.9 Å². The summed E-state index contributed by atoms with van der Waals surface area (Å²) >= 11 is 0. The van der Waals surface area contributed by atoms with Crippen LogP contribution in [0.15, 0.2) is 41.2 Å². The van der Waals surface area contributed by atoms with Gasteiger partial charge in [0, 0.05) is 42.2 Å². The number of aromatic nitrogens is 5. The van der Waals surface area contributed by atoms with Crippen molar-refractivity contribution >= 4 is 45.3 Å². The van der Waals surface area contributed by atoms with Gasteiger partial charge in [-0.2, -0.15) is 4.80 Å². The van der Waals surface area contributed by atoms with E-state index < -0.39 is 0 Å². The van der Waals surface area contributed by atoms with Gasteiger partial charge < -0.3 is 29.5 Å². The summed E-state index contributed by atoms with van der Waals surface area (Å²) in [6, 6.07) is 8.52. The Morgan fingerprint density at radius 2 is 1.86 bits per heavy atom. The van der Waals surface area contributed by atoms with Crippen LogP contribution < -0.4 is 15.6 Å². The maximum Gasteiger partial charge on any atom is 0.272 e. The van der Waals surface area contributed by atoms with Crippen LogP contribution in [0.2, 0.25) is 0 Å². The van der Waals surface area contributed by atoms with Gasteiger partial charge in [-0.1, -0.05) is 39.0 Å². The minimum Gasteiger partial charge on any atom is -0.506 e. The maximum atomic E-state index is 14.6. The summed E-state index contributed by atoms with van der Waals surface area (Å²) < 4.78 is 7.42. The summed E-state index contributed by atoms with van der Waals surface area (Å²) in [7, 11) is 0. The highest BCUT2D eigenvalue weighted by atomic mass is 16.5. The molecule has 0 radical (unpaired) electrons. The minimum absolute atomic E-state index is 0.0367. The van der Waals surface area contributed by atoms with Crippen molar-refractivity contribution in [3.8, 4) is 5.75 Å². The van der Waals surface area contributed by atoms with Crippen molar-refractivity contribution in [2.24, 2.45) is 11.3 Å². The molecule has 4 aromatic rings. The van der Waals surface area contributed by atoms with E-state index in [1.54, 1.807) is 18.2 Å². The van der Waals surface area contributed by atoms with Crippen LogP contribution in [0.1, 0.15) is 75.5 Å². The molecule has 13 heteroatoms. The lowest BCUT2D eigenvalue weighted by Crippen LogP contribution is -2.76. The lowest BCUT2D eigenvalue weighted by Gasteiger charge is -2.72. The number of carbonyl (C=O) groups excluding carboxylic acids is 2. The molecule has 13 nitrogen and oxygen atoms in total. The number of amides is 2. The number of hydrogen-bond donors (Lipinski definition) is 2. The van der Waals surface area contributed by atoms with Crippen LogP contribution in [-0.2, 0) is 22.5 Å². The SMILES string of the molecule is CCc1c(N2CCN(C(=O)c3ccc4cccc(O)c4n3)[C@H]3CC[C@@H]32)c(=O)c2nn(C3=CCOCC3)nc2n1CC(=O)NC12CC(C(C)C)(C1)C2. The Bertz CT molecular complexity index is 2180. The zero-order chi connectivity index (χ0) is 35.2. The van der Waals surface area contributed by atoms with Crippen LogP contribution in [0.25, 0.3) is 27.8 Å². The number of para-hydroxylation sites is 1. The van der Waals surface area contributed by atoms with Gasteiger partial charge in [0.25, 0.3) is 5.91 Å². The van der Waals surface area contributed by atoms with E-state index in [4.69, 9.17) is 14.9 Å². The summed E-state index contributed by atoms with van der Waals surface area (Å²) in [6.45, 7) is 8.43. The molecule has 4 saturated carbocycles. The van der Waals surface area contributed by atoms with Gasteiger partial charge in [0.15, 0.2) is 11.2 Å². The quantitative estimate of drug-likeness (QED) is 0.281. The van der Waals surface area contributed by atoms with E-state index in [0.717, 1.165) is 48.9 Å². The highest BCUT2D eigenvalue weighted by molar-refractivity contribution is 5.96. The van der Waals surface area contributed by atoms with E-state index in [9.17, 15) is 19.5 Å². The van der Waals surface area contributed by atoms with E-state index in [1.165, 1.54) is 4.80 Å². The van der Waals surface area contributed by atoms with Crippen molar-refractivity contribution in [2.75, 3.05) is 31.2 Å². The van der Waals surface area contributed by atoms with Gasteiger partial charge in [-0.25, -0.2) is 4.98 Å². The van der Waals surface area contributed by atoms with Crippen LogP contribution >= 0.6 is 0 Å². The number of rotatable bonds is 8. The summed E-state index contributed by atoms with van der Waals surface area (Å²) in [4.78, 5) is 52.4. The second-order valence-electron chi connectivity index (χ2n) is 15.6. The van der Waals surface area contributed by atoms with E-state index in [2.05, 4.69) is 29.0 Å². The normalized spacial score (nSPS) is 26.7. The molecule has 2 amide bonds. The molecule has 0 spiro atoms. The largest absolute Gasteiger partial charge is 0.506 e. The number of nitrogens with zero attached hydrogens (tertiary/aromatic N) is 7. The number of pyridine rings is 2. The molecule has 5 heterocycles. The predicted molar refractivity (Wildman–Crippen MR) is 191 cm³/mol. The first-order valence-corrected chi connectivity index (χ1v) is 18.4. The number of phenols is 1. The predicted octanol–water partition coefficient (Wildman–Crippen LogP) is 3.86. The fraction of sp³-hybridized carbons (Fsp3) is 0.526. The summed E-state index contributed by atoms with van der Waals surface area (Å²) in [5.41, 5.74) is 3.52. The Balaban J connectivity index is 1.06. The van der Waals surface area contributed by atoms with Crippen molar-refractivity contribution < 1.29 is 19.4 Å². The third kappa shape index (κ3) is 4.91. The molecule has 2 bridgehead atoms. The highest BCUT2D eigenvalue weighted by Gasteiger charge is 2.69. The number of hydrogen-bond acceptors (Lipinski definition) is 9. The van der Waals surface area contributed by atoms with Crippen LogP contribution in [-0.4, -0.2) is 90.3 Å². The van der Waals surface area contributed by atoms with E-state index in [1.807, 2.05) is 34.6 Å². The molecule has 0 unspecified atom stereocenters. The standard InChI is InChI=1S/C38H44N8O5/c1-4-26-33(43-14-15-44(28-11-10-27(28)43)36(50)25-9-8-23-6-5-7-29(47)31(23)39-25)34(49)32-35(42-46(41-32)24-12-16-51-17-13-24)45(26)18-30(48)40-38-19-37(20-38,21-38)22(2)3/h5-9,12,22,27-28,47H,4,10-11,13-21H2,1-3H3,(H,40,48)/t27-,28-,37?,38?/m0/s1. The average molecular weight is 693 g/mol. The molecule has 3 aromatic heterocycles. The fourth-order valence-corrected chi connectivity index (χ4v) is 9.54. The van der Waals surface area contributed by atoms with Crippen molar-refractivity contribution in [3.63, 3.8) is 0 Å². The Morgan fingerprint density at radius 1 is 1.06 bits per heavy atom. The Kier molecular flexibility index (Phi) is 7.33. The molecule has 2 aliphatic heterocycles. The number of nitrogens with one attached hydrogen (secondary N) is 1. The van der Waals surface area contributed by atoms with Gasteiger partial charge in [0.05, 0.1) is 25.0 Å². The number of ether oxygens (including phenoxy) is 1. The first-order valence-electron chi connectivity index (χ1n) is 18.4. The molecule has 266 valence electrons. The molecular weight excluding hydrogens is 648 g/mol. The Morgan fingerprint density at radius 3 is 2.57 bits per heavy atom. The topological polar surface area (TPSA) is 148 Å². The van der Waals surface area contributed by atoms with Gasteiger partial charge >= 0.3 is 0 Å². The maximum absolute atomic E-state index is 14.6. The number of carbonyl (C=O) groups is 2. The number of fused-ring (bicyclic) bond motifs is 3. The Labute approximate surface area is 295 Å². The monoisotopic (exact) mass is 692 g/mol. The molecule has 51 heavy (non-hydrogen) atoms. The zero-order valence-electron chi connectivity index (χ0n) is 29.4. The van der Waals surface area contributed by atoms with Crippen LogP contribution in [0, 0.1) is 11.3 Å². The number of aromatic hydroxyl groups is 1. The van der Waals surface area contributed by atoms with E-state index >= 15 is 0 Å².